The number of aliphatic hydroxyl groups is 1. The normalized spacial score (nSPS) is 9.95. The third kappa shape index (κ3) is 26.2. The smallest absolute Gasteiger partial charge is 0.119 e. The highest BCUT2D eigenvalue weighted by molar-refractivity contribution is 5.48. The number of aliphatic hydroxyl groups excluding tert-OH is 1. The van der Waals surface area contributed by atoms with Crippen LogP contribution in [0.25, 0.3) is 0 Å². The summed E-state index contributed by atoms with van der Waals surface area (Å²) in [6, 6.07) is 0. The van der Waals surface area contributed by atoms with E-state index in [0.29, 0.717) is 6.61 Å². The third-order valence-electron chi connectivity index (χ3n) is 3.44. The van der Waals surface area contributed by atoms with Crippen molar-refractivity contribution in [2.45, 2.75) is 104 Å². The maximum atomic E-state index is 9.94. The van der Waals surface area contributed by atoms with Crippen molar-refractivity contribution < 1.29 is 9.90 Å². The van der Waals surface area contributed by atoms with Gasteiger partial charge in [-0.15, -0.1) is 0 Å². The fourth-order valence-corrected chi connectivity index (χ4v) is 2.08. The second kappa shape index (κ2) is 23.7. The first-order valence-electron chi connectivity index (χ1n) is 8.87. The molecule has 0 atom stereocenters. The SMILES string of the molecule is CCCCCCCCCC=O.CCCCCCCCO. The molecule has 0 aliphatic rings. The van der Waals surface area contributed by atoms with Crippen molar-refractivity contribution in [3.63, 3.8) is 0 Å². The number of carbonyl (C=O) groups is 1. The van der Waals surface area contributed by atoms with Crippen LogP contribution in [0.15, 0.2) is 0 Å². The highest BCUT2D eigenvalue weighted by Gasteiger charge is 1.89. The van der Waals surface area contributed by atoms with E-state index in [2.05, 4.69) is 13.8 Å². The average molecular weight is 286 g/mol. The third-order valence-corrected chi connectivity index (χ3v) is 3.44. The summed E-state index contributed by atoms with van der Waals surface area (Å²) in [5.41, 5.74) is 0. The Hall–Kier alpha value is -0.370. The Labute approximate surface area is 127 Å². The fraction of sp³-hybridized carbons (Fsp3) is 0.944. The Kier molecular flexibility index (Phi) is 26.0. The molecule has 0 aromatic carbocycles. The van der Waals surface area contributed by atoms with Crippen molar-refractivity contribution in [3.05, 3.63) is 0 Å². The Balaban J connectivity index is 0. The maximum absolute atomic E-state index is 9.94. The monoisotopic (exact) mass is 286 g/mol. The first kappa shape index (κ1) is 21.9. The van der Waals surface area contributed by atoms with Gasteiger partial charge in [0, 0.05) is 13.0 Å². The number of rotatable bonds is 14. The molecular formula is C18H38O2. The minimum Gasteiger partial charge on any atom is -0.396 e. The molecule has 0 aliphatic carbocycles. The highest BCUT2D eigenvalue weighted by atomic mass is 16.2. The minimum absolute atomic E-state index is 0.367. The minimum atomic E-state index is 0.367. The van der Waals surface area contributed by atoms with Crippen LogP contribution in [0.2, 0.25) is 0 Å². The van der Waals surface area contributed by atoms with Crippen molar-refractivity contribution in [3.8, 4) is 0 Å². The lowest BCUT2D eigenvalue weighted by molar-refractivity contribution is -0.107. The lowest BCUT2D eigenvalue weighted by Gasteiger charge is -1.97. The van der Waals surface area contributed by atoms with Crippen LogP contribution in [0.5, 0.6) is 0 Å². The Bertz CT molecular complexity index is 151. The zero-order valence-corrected chi connectivity index (χ0v) is 14.0. The first-order valence-corrected chi connectivity index (χ1v) is 8.87. The Morgan fingerprint density at radius 2 is 1.05 bits per heavy atom. The lowest BCUT2D eigenvalue weighted by atomic mass is 10.1. The van der Waals surface area contributed by atoms with Crippen LogP contribution in [0.1, 0.15) is 104 Å². The van der Waals surface area contributed by atoms with Crippen molar-refractivity contribution in [2.24, 2.45) is 0 Å². The maximum Gasteiger partial charge on any atom is 0.119 e. The summed E-state index contributed by atoms with van der Waals surface area (Å²) >= 11 is 0. The molecule has 0 radical (unpaired) electrons. The van der Waals surface area contributed by atoms with Crippen LogP contribution in [0.4, 0.5) is 0 Å². The van der Waals surface area contributed by atoms with Gasteiger partial charge in [0.05, 0.1) is 0 Å². The van der Waals surface area contributed by atoms with E-state index < -0.39 is 0 Å². The number of hydrogen-bond acceptors (Lipinski definition) is 2. The van der Waals surface area contributed by atoms with E-state index in [4.69, 9.17) is 5.11 Å². The summed E-state index contributed by atoms with van der Waals surface area (Å²) in [5.74, 6) is 0. The van der Waals surface area contributed by atoms with Crippen LogP contribution in [0.3, 0.4) is 0 Å². The molecule has 0 saturated heterocycles. The average Bonchev–Trinajstić information content (AvgIpc) is 2.47. The summed E-state index contributed by atoms with van der Waals surface area (Å²) in [6.45, 7) is 4.81. The standard InChI is InChI=1S/C10H20O.C8H18O/c1-2-3-4-5-6-7-8-9-10-11;1-2-3-4-5-6-7-8-9/h10H,2-9H2,1H3;9H,2-8H2,1H3. The predicted molar refractivity (Wildman–Crippen MR) is 89.1 cm³/mol. The molecule has 0 saturated carbocycles. The van der Waals surface area contributed by atoms with Crippen LogP contribution >= 0.6 is 0 Å². The molecule has 0 aliphatic heterocycles. The molecule has 0 unspecified atom stereocenters. The molecule has 0 spiro atoms. The van der Waals surface area contributed by atoms with E-state index >= 15 is 0 Å². The number of hydrogen-bond donors (Lipinski definition) is 1. The molecule has 0 heterocycles. The van der Waals surface area contributed by atoms with Gasteiger partial charge in [-0.2, -0.15) is 0 Å². The first-order chi connectivity index (χ1) is 9.83. The van der Waals surface area contributed by atoms with Gasteiger partial charge < -0.3 is 9.90 Å². The van der Waals surface area contributed by atoms with Crippen LogP contribution in [-0.2, 0) is 4.79 Å². The van der Waals surface area contributed by atoms with Crippen LogP contribution in [0, 0.1) is 0 Å². The molecule has 0 aromatic rings. The molecule has 0 bridgehead atoms. The predicted octanol–water partition coefficient (Wildman–Crippen LogP) is 5.67. The summed E-state index contributed by atoms with van der Waals surface area (Å²) in [6.07, 6.45) is 18.3. The van der Waals surface area contributed by atoms with Crippen molar-refractivity contribution in [1.82, 2.24) is 0 Å². The van der Waals surface area contributed by atoms with Gasteiger partial charge in [0.1, 0.15) is 6.29 Å². The lowest BCUT2D eigenvalue weighted by Crippen LogP contribution is -1.82. The summed E-state index contributed by atoms with van der Waals surface area (Å²) in [7, 11) is 0. The van der Waals surface area contributed by atoms with Gasteiger partial charge in [0.15, 0.2) is 0 Å². The van der Waals surface area contributed by atoms with Gasteiger partial charge in [0.25, 0.3) is 0 Å². The van der Waals surface area contributed by atoms with E-state index in [1.807, 2.05) is 0 Å². The van der Waals surface area contributed by atoms with Crippen molar-refractivity contribution in [2.75, 3.05) is 6.61 Å². The van der Waals surface area contributed by atoms with Gasteiger partial charge in [0.2, 0.25) is 0 Å². The van der Waals surface area contributed by atoms with Gasteiger partial charge in [-0.25, -0.2) is 0 Å². The van der Waals surface area contributed by atoms with E-state index in [9.17, 15) is 4.79 Å². The molecule has 0 amide bonds. The summed E-state index contributed by atoms with van der Waals surface area (Å²) in [4.78, 5) is 9.94. The number of unbranched alkanes of at least 4 members (excludes halogenated alkanes) is 12. The van der Waals surface area contributed by atoms with Crippen molar-refractivity contribution >= 4 is 6.29 Å². The summed E-state index contributed by atoms with van der Waals surface area (Å²) in [5, 5.41) is 8.42. The highest BCUT2D eigenvalue weighted by Crippen LogP contribution is 2.07. The van der Waals surface area contributed by atoms with Gasteiger partial charge in [-0.3, -0.25) is 0 Å². The van der Waals surface area contributed by atoms with Crippen molar-refractivity contribution in [1.29, 1.82) is 0 Å². The number of carbonyl (C=O) groups excluding carboxylic acids is 1. The zero-order chi connectivity index (χ0) is 15.3. The summed E-state index contributed by atoms with van der Waals surface area (Å²) < 4.78 is 0. The zero-order valence-electron chi connectivity index (χ0n) is 14.0. The van der Waals surface area contributed by atoms with E-state index in [0.717, 1.165) is 25.5 Å². The second-order valence-electron chi connectivity index (χ2n) is 5.57. The van der Waals surface area contributed by atoms with Crippen LogP contribution in [-0.4, -0.2) is 18.0 Å². The molecule has 1 N–H and O–H groups in total. The molecular weight excluding hydrogens is 248 g/mol. The number of aldehydes is 1. The van der Waals surface area contributed by atoms with Gasteiger partial charge in [-0.05, 0) is 12.8 Å². The Morgan fingerprint density at radius 1 is 0.650 bits per heavy atom. The molecule has 2 heteroatoms. The largest absolute Gasteiger partial charge is 0.396 e. The van der Waals surface area contributed by atoms with E-state index in [1.54, 1.807) is 0 Å². The fourth-order valence-electron chi connectivity index (χ4n) is 2.08. The molecule has 0 rings (SSSR count). The van der Waals surface area contributed by atoms with Crippen LogP contribution < -0.4 is 0 Å². The quantitative estimate of drug-likeness (QED) is 0.330. The van der Waals surface area contributed by atoms with Gasteiger partial charge >= 0.3 is 0 Å². The molecule has 122 valence electrons. The Morgan fingerprint density at radius 3 is 1.45 bits per heavy atom. The molecule has 0 fully saturated rings. The van der Waals surface area contributed by atoms with Gasteiger partial charge in [-0.1, -0.05) is 84.5 Å². The molecule has 20 heavy (non-hydrogen) atoms. The topological polar surface area (TPSA) is 37.3 Å². The van der Waals surface area contributed by atoms with E-state index in [-0.39, 0.29) is 0 Å². The van der Waals surface area contributed by atoms with E-state index in [1.165, 1.54) is 70.6 Å². The second-order valence-corrected chi connectivity index (χ2v) is 5.57. The molecule has 0 aromatic heterocycles. The molecule has 2 nitrogen and oxygen atoms in total.